The number of halogens is 1. The molecule has 0 aliphatic carbocycles. The van der Waals surface area contributed by atoms with Crippen LogP contribution in [0.15, 0.2) is 89.8 Å². The van der Waals surface area contributed by atoms with Crippen molar-refractivity contribution in [1.82, 2.24) is 0 Å². The van der Waals surface area contributed by atoms with Gasteiger partial charge in [0.05, 0.1) is 10.7 Å². The number of carbonyl (C=O) groups is 1. The number of para-hydroxylation sites is 1. The molecular formula is C25H19ClN2O3S. The Morgan fingerprint density at radius 2 is 1.62 bits per heavy atom. The third kappa shape index (κ3) is 3.61. The van der Waals surface area contributed by atoms with E-state index < -0.39 is 15.9 Å². The Morgan fingerprint density at radius 3 is 2.47 bits per heavy atom. The number of hydrogen-bond acceptors (Lipinski definition) is 3. The lowest BCUT2D eigenvalue weighted by Crippen LogP contribution is -2.29. The molecule has 4 aromatic carbocycles. The average Bonchev–Trinajstić information content (AvgIpc) is 3.24. The molecule has 0 spiro atoms. The zero-order chi connectivity index (χ0) is 22.3. The Kier molecular flexibility index (Phi) is 5.12. The second-order valence-electron chi connectivity index (χ2n) is 7.62. The number of fused-ring (bicyclic) bond motifs is 2. The number of carbonyl (C=O) groups excluding carboxylic acids is 1. The van der Waals surface area contributed by atoms with Crippen molar-refractivity contribution in [2.75, 3.05) is 16.2 Å². The number of amides is 1. The smallest absolute Gasteiger partial charge is 0.265 e. The molecule has 0 unspecified atom stereocenters. The van der Waals surface area contributed by atoms with Gasteiger partial charge in [-0.1, -0.05) is 60.1 Å². The molecule has 4 aromatic rings. The normalized spacial score (nSPS) is 13.2. The fourth-order valence-corrected chi connectivity index (χ4v) is 6.00. The highest BCUT2D eigenvalue weighted by atomic mass is 35.5. The van der Waals surface area contributed by atoms with Gasteiger partial charge in [0.1, 0.15) is 4.90 Å². The molecule has 1 aliphatic rings. The maximum atomic E-state index is 13.4. The molecule has 1 amide bonds. The summed E-state index contributed by atoms with van der Waals surface area (Å²) in [5.41, 5.74) is 2.46. The van der Waals surface area contributed by atoms with Crippen molar-refractivity contribution in [3.8, 4) is 0 Å². The van der Waals surface area contributed by atoms with E-state index in [0.717, 1.165) is 16.3 Å². The topological polar surface area (TPSA) is 66.5 Å². The summed E-state index contributed by atoms with van der Waals surface area (Å²) in [4.78, 5) is 12.8. The first-order valence-corrected chi connectivity index (χ1v) is 12.0. The van der Waals surface area contributed by atoms with Crippen LogP contribution in [0.4, 0.5) is 11.4 Å². The van der Waals surface area contributed by atoms with E-state index in [9.17, 15) is 13.2 Å². The lowest BCUT2D eigenvalue weighted by molar-refractivity contribution is 0.102. The Morgan fingerprint density at radius 1 is 0.875 bits per heavy atom. The van der Waals surface area contributed by atoms with E-state index in [0.29, 0.717) is 24.3 Å². The van der Waals surface area contributed by atoms with Crippen molar-refractivity contribution in [1.29, 1.82) is 0 Å². The third-order valence-corrected chi connectivity index (χ3v) is 7.91. The number of nitrogens with one attached hydrogen (secondary N) is 1. The third-order valence-electron chi connectivity index (χ3n) is 5.61. The van der Waals surface area contributed by atoms with Crippen LogP contribution in [0, 0.1) is 0 Å². The van der Waals surface area contributed by atoms with Crippen molar-refractivity contribution in [2.24, 2.45) is 0 Å². The van der Waals surface area contributed by atoms with Gasteiger partial charge in [-0.05, 0) is 59.2 Å². The van der Waals surface area contributed by atoms with Crippen LogP contribution >= 0.6 is 11.6 Å². The molecule has 32 heavy (non-hydrogen) atoms. The number of anilines is 2. The van der Waals surface area contributed by atoms with Crippen LogP contribution in [0.3, 0.4) is 0 Å². The van der Waals surface area contributed by atoms with Crippen LogP contribution in [0.1, 0.15) is 15.9 Å². The van der Waals surface area contributed by atoms with Gasteiger partial charge in [-0.25, -0.2) is 8.42 Å². The maximum absolute atomic E-state index is 13.4. The Labute approximate surface area is 191 Å². The van der Waals surface area contributed by atoms with Gasteiger partial charge in [-0.15, -0.1) is 0 Å². The Hall–Kier alpha value is -3.35. The molecule has 160 valence electrons. The largest absolute Gasteiger partial charge is 0.322 e. The van der Waals surface area contributed by atoms with Crippen molar-refractivity contribution >= 4 is 49.7 Å². The van der Waals surface area contributed by atoms with E-state index in [-0.39, 0.29) is 15.5 Å². The molecule has 0 saturated heterocycles. The fourth-order valence-electron chi connectivity index (χ4n) is 3.99. The van der Waals surface area contributed by atoms with Crippen LogP contribution in [0.25, 0.3) is 10.8 Å². The molecule has 0 radical (unpaired) electrons. The summed E-state index contributed by atoms with van der Waals surface area (Å²) in [6, 6.07) is 25.2. The first-order valence-electron chi connectivity index (χ1n) is 10.1. The second kappa shape index (κ2) is 7.97. The van der Waals surface area contributed by atoms with Gasteiger partial charge in [-0.3, -0.25) is 9.10 Å². The molecule has 0 bridgehead atoms. The molecule has 5 rings (SSSR count). The molecule has 0 saturated carbocycles. The lowest BCUT2D eigenvalue weighted by Gasteiger charge is -2.20. The van der Waals surface area contributed by atoms with E-state index >= 15 is 0 Å². The summed E-state index contributed by atoms with van der Waals surface area (Å²) in [6.45, 7) is 0.339. The van der Waals surface area contributed by atoms with Crippen molar-refractivity contribution in [3.05, 3.63) is 101 Å². The zero-order valence-electron chi connectivity index (χ0n) is 17.0. The van der Waals surface area contributed by atoms with Crippen LogP contribution < -0.4 is 9.62 Å². The minimum absolute atomic E-state index is 0.0802. The molecular weight excluding hydrogens is 444 g/mol. The average molecular weight is 463 g/mol. The van der Waals surface area contributed by atoms with Crippen molar-refractivity contribution < 1.29 is 13.2 Å². The highest BCUT2D eigenvalue weighted by Gasteiger charge is 2.32. The number of benzene rings is 4. The van der Waals surface area contributed by atoms with Gasteiger partial charge in [0.2, 0.25) is 0 Å². The standard InChI is InChI=1S/C25H19ClN2O3S/c26-22-12-10-20(25(29)27-21-11-9-17-5-1-2-7-19(17)15-21)16-24(22)32(30,31)28-14-13-18-6-3-4-8-23(18)28/h1-12,15-16H,13-14H2,(H,27,29). The molecule has 1 N–H and O–H groups in total. The summed E-state index contributed by atoms with van der Waals surface area (Å²) in [5.74, 6) is -0.407. The van der Waals surface area contributed by atoms with E-state index in [4.69, 9.17) is 11.6 Å². The quantitative estimate of drug-likeness (QED) is 0.435. The highest BCUT2D eigenvalue weighted by molar-refractivity contribution is 7.93. The first kappa shape index (κ1) is 20.5. The van der Waals surface area contributed by atoms with E-state index in [1.54, 1.807) is 6.07 Å². The summed E-state index contributed by atoms with van der Waals surface area (Å²) in [5, 5.41) is 4.99. The fraction of sp³-hybridized carbons (Fsp3) is 0.0800. The SMILES string of the molecule is O=C(Nc1ccc2ccccc2c1)c1ccc(Cl)c(S(=O)(=O)N2CCc3ccccc32)c1. The van der Waals surface area contributed by atoms with Gasteiger partial charge in [0.25, 0.3) is 15.9 Å². The van der Waals surface area contributed by atoms with Crippen molar-refractivity contribution in [3.63, 3.8) is 0 Å². The van der Waals surface area contributed by atoms with Gasteiger partial charge in [-0.2, -0.15) is 0 Å². The van der Waals surface area contributed by atoms with Crippen molar-refractivity contribution in [2.45, 2.75) is 11.3 Å². The maximum Gasteiger partial charge on any atom is 0.265 e. The minimum atomic E-state index is -3.92. The summed E-state index contributed by atoms with van der Waals surface area (Å²) < 4.78 is 28.2. The lowest BCUT2D eigenvalue weighted by atomic mass is 10.1. The first-order chi connectivity index (χ1) is 15.4. The molecule has 1 heterocycles. The van der Waals surface area contributed by atoms with E-state index in [2.05, 4.69) is 5.32 Å². The zero-order valence-corrected chi connectivity index (χ0v) is 18.5. The molecule has 7 heteroatoms. The van der Waals surface area contributed by atoms with Crippen LogP contribution in [0.5, 0.6) is 0 Å². The van der Waals surface area contributed by atoms with E-state index in [1.165, 1.54) is 22.5 Å². The van der Waals surface area contributed by atoms with Gasteiger partial charge < -0.3 is 5.32 Å². The predicted octanol–water partition coefficient (Wildman–Crippen LogP) is 5.50. The summed E-state index contributed by atoms with van der Waals surface area (Å²) in [7, 11) is -3.92. The number of nitrogens with zero attached hydrogens (tertiary/aromatic N) is 1. The van der Waals surface area contributed by atoms with Gasteiger partial charge in [0, 0.05) is 17.8 Å². The van der Waals surface area contributed by atoms with Crippen LogP contribution in [-0.4, -0.2) is 20.9 Å². The van der Waals surface area contributed by atoms with Gasteiger partial charge >= 0.3 is 0 Å². The number of hydrogen-bond donors (Lipinski definition) is 1. The predicted molar refractivity (Wildman–Crippen MR) is 128 cm³/mol. The molecule has 0 aromatic heterocycles. The molecule has 0 fully saturated rings. The molecule has 1 aliphatic heterocycles. The summed E-state index contributed by atoms with van der Waals surface area (Å²) >= 11 is 6.28. The highest BCUT2D eigenvalue weighted by Crippen LogP contribution is 2.35. The van der Waals surface area contributed by atoms with Crippen LogP contribution in [0.2, 0.25) is 5.02 Å². The molecule has 0 atom stereocenters. The Bertz CT molecular complexity index is 1470. The monoisotopic (exact) mass is 462 g/mol. The number of rotatable bonds is 4. The summed E-state index contributed by atoms with van der Waals surface area (Å²) in [6.07, 6.45) is 0.634. The van der Waals surface area contributed by atoms with E-state index in [1.807, 2.05) is 60.7 Å². The molecule has 5 nitrogen and oxygen atoms in total. The minimum Gasteiger partial charge on any atom is -0.322 e. The van der Waals surface area contributed by atoms with Crippen LogP contribution in [-0.2, 0) is 16.4 Å². The second-order valence-corrected chi connectivity index (χ2v) is 9.86. The Balaban J connectivity index is 1.46. The number of sulfonamides is 1. The van der Waals surface area contributed by atoms with Gasteiger partial charge in [0.15, 0.2) is 0 Å².